The fourth-order valence-electron chi connectivity index (χ4n) is 2.09. The zero-order valence-electron chi connectivity index (χ0n) is 10.4. The molecule has 2 heterocycles. The molecule has 0 aliphatic heterocycles. The number of halogens is 2. The average Bonchev–Trinajstić information content (AvgIpc) is 3.00. The van der Waals surface area contributed by atoms with Crippen LogP contribution in [0.3, 0.4) is 0 Å². The number of hydrogen-bond donors (Lipinski definition) is 2. The first-order valence-corrected chi connectivity index (χ1v) is 8.04. The van der Waals surface area contributed by atoms with Gasteiger partial charge >= 0.3 is 0 Å². The fourth-order valence-corrected chi connectivity index (χ4v) is 3.32. The lowest BCUT2D eigenvalue weighted by molar-refractivity contribution is 0.547. The highest BCUT2D eigenvalue weighted by molar-refractivity contribution is 9.10. The van der Waals surface area contributed by atoms with Crippen molar-refractivity contribution in [2.45, 2.75) is 12.5 Å². The molecule has 1 aromatic carbocycles. The maximum absolute atomic E-state index is 6.01. The van der Waals surface area contributed by atoms with Crippen LogP contribution in [-0.2, 0) is 6.42 Å². The number of hydrazine groups is 1. The number of nitrogens with zero attached hydrogens (tertiary/aromatic N) is 2. The van der Waals surface area contributed by atoms with E-state index in [4.69, 9.17) is 17.4 Å². The maximum Gasteiger partial charge on any atom is 0.193 e. The Morgan fingerprint density at radius 1 is 1.50 bits per heavy atom. The van der Waals surface area contributed by atoms with Gasteiger partial charge in [0.25, 0.3) is 0 Å². The molecular formula is C13H12BrClN4S. The van der Waals surface area contributed by atoms with E-state index in [1.807, 2.05) is 40.4 Å². The molecule has 1 atom stereocenters. The molecule has 0 aliphatic carbocycles. The molecule has 7 heteroatoms. The largest absolute Gasteiger partial charge is 0.297 e. The van der Waals surface area contributed by atoms with Crippen molar-refractivity contribution < 1.29 is 0 Å². The van der Waals surface area contributed by atoms with Gasteiger partial charge < -0.3 is 0 Å². The van der Waals surface area contributed by atoms with Crippen molar-refractivity contribution in [2.75, 3.05) is 0 Å². The Morgan fingerprint density at radius 2 is 2.35 bits per heavy atom. The quantitative estimate of drug-likeness (QED) is 0.544. The molecule has 3 N–H and O–H groups in total. The number of aromatic nitrogens is 2. The van der Waals surface area contributed by atoms with Crippen LogP contribution in [0.5, 0.6) is 0 Å². The molecule has 0 radical (unpaired) electrons. The lowest BCUT2D eigenvalue weighted by Gasteiger charge is -2.15. The Morgan fingerprint density at radius 3 is 3.05 bits per heavy atom. The average molecular weight is 372 g/mol. The smallest absolute Gasteiger partial charge is 0.193 e. The summed E-state index contributed by atoms with van der Waals surface area (Å²) < 4.78 is 2.88. The summed E-state index contributed by atoms with van der Waals surface area (Å²) in [6, 6.07) is 5.80. The molecule has 0 bridgehead atoms. The molecule has 20 heavy (non-hydrogen) atoms. The van der Waals surface area contributed by atoms with Crippen molar-refractivity contribution in [1.29, 1.82) is 0 Å². The molecule has 104 valence electrons. The van der Waals surface area contributed by atoms with E-state index < -0.39 is 0 Å². The third kappa shape index (κ3) is 2.75. The molecule has 0 amide bonds. The first kappa shape index (κ1) is 14.0. The number of rotatable bonds is 4. The van der Waals surface area contributed by atoms with E-state index in [2.05, 4.69) is 26.3 Å². The molecule has 1 unspecified atom stereocenters. The first-order chi connectivity index (χ1) is 9.67. The molecular weight excluding hydrogens is 360 g/mol. The van der Waals surface area contributed by atoms with Crippen LogP contribution >= 0.6 is 38.9 Å². The summed E-state index contributed by atoms with van der Waals surface area (Å²) in [5, 5.41) is 2.70. The van der Waals surface area contributed by atoms with Crippen molar-refractivity contribution >= 4 is 43.8 Å². The Labute approximate surface area is 133 Å². The van der Waals surface area contributed by atoms with Crippen LogP contribution < -0.4 is 11.3 Å². The number of thiazole rings is 1. The summed E-state index contributed by atoms with van der Waals surface area (Å²) in [5.74, 6) is 5.68. The zero-order valence-corrected chi connectivity index (χ0v) is 13.5. The number of fused-ring (bicyclic) bond motifs is 1. The first-order valence-electron chi connectivity index (χ1n) is 5.99. The second-order valence-electron chi connectivity index (χ2n) is 4.42. The van der Waals surface area contributed by atoms with E-state index in [-0.39, 0.29) is 6.04 Å². The van der Waals surface area contributed by atoms with Crippen LogP contribution in [0.25, 0.3) is 4.96 Å². The second-order valence-corrected chi connectivity index (χ2v) is 6.56. The Bertz CT molecular complexity index is 710. The molecule has 0 fully saturated rings. The standard InChI is InChI=1S/C13H12BrClN4S/c14-10-5-8(1-2-11(10)15)12(18-16)6-9-7-19-3-4-20-13(19)17-9/h1-5,7,12,18H,6,16H2. The highest BCUT2D eigenvalue weighted by Gasteiger charge is 2.14. The number of imidazole rings is 1. The van der Waals surface area contributed by atoms with Crippen molar-refractivity contribution in [3.05, 3.63) is 56.7 Å². The number of nitrogens with one attached hydrogen (secondary N) is 1. The summed E-state index contributed by atoms with van der Waals surface area (Å²) in [6.45, 7) is 0. The highest BCUT2D eigenvalue weighted by Crippen LogP contribution is 2.27. The van der Waals surface area contributed by atoms with Crippen molar-refractivity contribution in [3.8, 4) is 0 Å². The van der Waals surface area contributed by atoms with Crippen molar-refractivity contribution in [3.63, 3.8) is 0 Å². The van der Waals surface area contributed by atoms with Gasteiger partial charge in [-0.2, -0.15) is 0 Å². The van der Waals surface area contributed by atoms with Gasteiger partial charge in [0.15, 0.2) is 4.96 Å². The minimum Gasteiger partial charge on any atom is -0.297 e. The van der Waals surface area contributed by atoms with E-state index in [1.54, 1.807) is 11.3 Å². The van der Waals surface area contributed by atoms with Gasteiger partial charge in [-0.15, -0.1) is 11.3 Å². The number of benzene rings is 1. The molecule has 0 spiro atoms. The second kappa shape index (κ2) is 5.83. The van der Waals surface area contributed by atoms with E-state index >= 15 is 0 Å². The zero-order chi connectivity index (χ0) is 14.1. The Kier molecular flexibility index (Phi) is 4.09. The normalized spacial score (nSPS) is 12.9. The van der Waals surface area contributed by atoms with Gasteiger partial charge in [0.1, 0.15) is 0 Å². The number of nitrogens with two attached hydrogens (primary N) is 1. The lowest BCUT2D eigenvalue weighted by atomic mass is 10.0. The Hall–Kier alpha value is -0.920. The summed E-state index contributed by atoms with van der Waals surface area (Å²) in [4.78, 5) is 5.57. The van der Waals surface area contributed by atoms with Gasteiger partial charge in [0.2, 0.25) is 0 Å². The maximum atomic E-state index is 6.01. The summed E-state index contributed by atoms with van der Waals surface area (Å²) >= 11 is 11.1. The van der Waals surface area contributed by atoms with Crippen LogP contribution in [-0.4, -0.2) is 9.38 Å². The topological polar surface area (TPSA) is 55.3 Å². The van der Waals surface area contributed by atoms with Gasteiger partial charge in [-0.25, -0.2) is 4.98 Å². The van der Waals surface area contributed by atoms with E-state index in [0.717, 1.165) is 27.1 Å². The summed E-state index contributed by atoms with van der Waals surface area (Å²) in [7, 11) is 0. The van der Waals surface area contributed by atoms with Crippen LogP contribution in [0, 0.1) is 0 Å². The van der Waals surface area contributed by atoms with Gasteiger partial charge in [-0.3, -0.25) is 15.7 Å². The van der Waals surface area contributed by atoms with Crippen molar-refractivity contribution in [2.24, 2.45) is 5.84 Å². The van der Waals surface area contributed by atoms with E-state index in [9.17, 15) is 0 Å². The van der Waals surface area contributed by atoms with Crippen LogP contribution in [0.4, 0.5) is 0 Å². The lowest BCUT2D eigenvalue weighted by Crippen LogP contribution is -2.29. The molecule has 4 nitrogen and oxygen atoms in total. The molecule has 3 aromatic rings. The molecule has 2 aromatic heterocycles. The van der Waals surface area contributed by atoms with Gasteiger partial charge in [0, 0.05) is 28.7 Å². The third-order valence-corrected chi connectivity index (χ3v) is 5.09. The fraction of sp³-hybridized carbons (Fsp3) is 0.154. The minimum absolute atomic E-state index is 0.00632. The predicted octanol–water partition coefficient (Wildman–Crippen LogP) is 3.56. The predicted molar refractivity (Wildman–Crippen MR) is 86.0 cm³/mol. The van der Waals surface area contributed by atoms with Gasteiger partial charge in [-0.1, -0.05) is 17.7 Å². The minimum atomic E-state index is -0.00632. The number of hydrogen-bond acceptors (Lipinski definition) is 4. The summed E-state index contributed by atoms with van der Waals surface area (Å²) in [5.41, 5.74) is 4.92. The van der Waals surface area contributed by atoms with E-state index in [1.165, 1.54) is 0 Å². The van der Waals surface area contributed by atoms with Crippen LogP contribution in [0.15, 0.2) is 40.4 Å². The van der Waals surface area contributed by atoms with Gasteiger partial charge in [-0.05, 0) is 33.6 Å². The highest BCUT2D eigenvalue weighted by atomic mass is 79.9. The van der Waals surface area contributed by atoms with Crippen molar-refractivity contribution in [1.82, 2.24) is 14.8 Å². The van der Waals surface area contributed by atoms with E-state index in [0.29, 0.717) is 5.02 Å². The monoisotopic (exact) mass is 370 g/mol. The van der Waals surface area contributed by atoms with Crippen LogP contribution in [0.2, 0.25) is 5.02 Å². The van der Waals surface area contributed by atoms with Gasteiger partial charge in [0.05, 0.1) is 16.8 Å². The Balaban J connectivity index is 1.85. The molecule has 0 aliphatic rings. The third-order valence-electron chi connectivity index (χ3n) is 3.10. The molecule has 3 rings (SSSR count). The summed E-state index contributed by atoms with van der Waals surface area (Å²) in [6.07, 6.45) is 4.75. The van der Waals surface area contributed by atoms with Crippen LogP contribution in [0.1, 0.15) is 17.3 Å². The SMILES string of the molecule is NNC(Cc1cn2ccsc2n1)c1ccc(Cl)c(Br)c1. The molecule has 0 saturated carbocycles. The molecule has 0 saturated heterocycles.